The number of para-hydroxylation sites is 2. The third-order valence-corrected chi connectivity index (χ3v) is 11.9. The number of thiol groups is 1. The molecule has 2 nitrogen and oxygen atoms in total. The van der Waals surface area contributed by atoms with E-state index in [1.54, 1.807) is 0 Å². The molecular weight excluding hydrogens is 697 g/mol. The molecule has 3 heteroatoms. The zero-order chi connectivity index (χ0) is 37.8. The van der Waals surface area contributed by atoms with Crippen molar-refractivity contribution in [2.24, 2.45) is 0 Å². The van der Waals surface area contributed by atoms with E-state index in [0.717, 1.165) is 50.1 Å². The molecule has 1 aliphatic rings. The number of nitrogens with zero attached hydrogens (tertiary/aromatic N) is 2. The fourth-order valence-electron chi connectivity index (χ4n) is 8.78. The lowest BCUT2D eigenvalue weighted by atomic mass is 9.82. The molecular formula is C53H40N2S. The van der Waals surface area contributed by atoms with E-state index in [9.17, 15) is 0 Å². The summed E-state index contributed by atoms with van der Waals surface area (Å²) in [4.78, 5) is 5.65. The summed E-state index contributed by atoms with van der Waals surface area (Å²) in [5.41, 5.74) is 14.2. The summed E-state index contributed by atoms with van der Waals surface area (Å²) in [6.07, 6.45) is 0. The minimum absolute atomic E-state index is 0.0968. The van der Waals surface area contributed by atoms with Gasteiger partial charge in [0.15, 0.2) is 0 Å². The first-order valence-corrected chi connectivity index (χ1v) is 19.7. The van der Waals surface area contributed by atoms with Gasteiger partial charge in [0.25, 0.3) is 0 Å². The molecule has 0 unspecified atom stereocenters. The van der Waals surface area contributed by atoms with Crippen LogP contribution in [0.3, 0.4) is 0 Å². The lowest BCUT2D eigenvalue weighted by molar-refractivity contribution is 0.660. The number of fused-ring (bicyclic) bond motifs is 5. The maximum absolute atomic E-state index is 5.23. The maximum atomic E-state index is 5.23. The highest BCUT2D eigenvalue weighted by molar-refractivity contribution is 7.80. The molecule has 10 rings (SSSR count). The Morgan fingerprint density at radius 2 is 0.893 bits per heavy atom. The second-order valence-corrected chi connectivity index (χ2v) is 15.6. The molecule has 1 aliphatic carbocycles. The molecule has 0 atom stereocenters. The zero-order valence-corrected chi connectivity index (χ0v) is 32.3. The number of hydrogen-bond donors (Lipinski definition) is 1. The van der Waals surface area contributed by atoms with E-state index in [0.29, 0.717) is 0 Å². The highest BCUT2D eigenvalue weighted by atomic mass is 32.1. The second-order valence-electron chi connectivity index (χ2n) is 15.2. The van der Waals surface area contributed by atoms with E-state index in [2.05, 4.69) is 224 Å². The van der Waals surface area contributed by atoms with Gasteiger partial charge in [-0.15, -0.1) is 12.6 Å². The van der Waals surface area contributed by atoms with Crippen molar-refractivity contribution in [1.29, 1.82) is 0 Å². The molecule has 56 heavy (non-hydrogen) atoms. The smallest absolute Gasteiger partial charge is 0.0540 e. The van der Waals surface area contributed by atoms with Crippen molar-refractivity contribution >= 4 is 68.3 Å². The molecule has 0 aromatic heterocycles. The Hall–Kier alpha value is -6.55. The van der Waals surface area contributed by atoms with E-state index >= 15 is 0 Å². The normalized spacial score (nSPS) is 12.7. The van der Waals surface area contributed by atoms with Crippen LogP contribution < -0.4 is 9.80 Å². The van der Waals surface area contributed by atoms with E-state index < -0.39 is 0 Å². The van der Waals surface area contributed by atoms with Crippen LogP contribution in [0.25, 0.3) is 43.8 Å². The summed E-state index contributed by atoms with van der Waals surface area (Å²) >= 11 is 5.23. The molecule has 0 fully saturated rings. The van der Waals surface area contributed by atoms with Gasteiger partial charge in [-0.1, -0.05) is 147 Å². The number of benzene rings is 9. The molecule has 0 radical (unpaired) electrons. The molecule has 0 saturated carbocycles. The van der Waals surface area contributed by atoms with Gasteiger partial charge in [-0.2, -0.15) is 0 Å². The standard InChI is InChI=1S/C53H40N2S/c1-53(2)49-24-14-13-22-45(49)46-29-27-41(34-50(46)53)54(38-17-5-3-6-18-38)42-28-30-48(52(56)35-42)44-31-32-51(47-23-12-11-21-43(44)47)55(39-19-7-4-8-20-39)40-26-25-36-15-9-10-16-37(36)33-40/h3-35,56H,1-2H3. The first-order valence-electron chi connectivity index (χ1n) is 19.2. The fraction of sp³-hybridized carbons (Fsp3) is 0.0566. The molecule has 0 spiro atoms. The van der Waals surface area contributed by atoms with Crippen LogP contribution in [0, 0.1) is 0 Å². The predicted octanol–water partition coefficient (Wildman–Crippen LogP) is 15.2. The molecule has 0 heterocycles. The largest absolute Gasteiger partial charge is 0.310 e. The van der Waals surface area contributed by atoms with Crippen LogP contribution in [0.5, 0.6) is 0 Å². The minimum Gasteiger partial charge on any atom is -0.310 e. The first kappa shape index (κ1) is 34.0. The first-order chi connectivity index (χ1) is 27.5. The van der Waals surface area contributed by atoms with Gasteiger partial charge in [0.1, 0.15) is 0 Å². The average Bonchev–Trinajstić information content (AvgIpc) is 3.47. The Morgan fingerprint density at radius 1 is 0.357 bits per heavy atom. The van der Waals surface area contributed by atoms with Gasteiger partial charge in [-0.25, -0.2) is 0 Å². The van der Waals surface area contributed by atoms with Gasteiger partial charge in [0, 0.05) is 44.1 Å². The molecule has 0 bridgehead atoms. The highest BCUT2D eigenvalue weighted by Crippen LogP contribution is 2.51. The maximum Gasteiger partial charge on any atom is 0.0540 e. The van der Waals surface area contributed by atoms with Crippen molar-refractivity contribution in [3.63, 3.8) is 0 Å². The van der Waals surface area contributed by atoms with Crippen molar-refractivity contribution in [2.75, 3.05) is 9.80 Å². The Bertz CT molecular complexity index is 2910. The van der Waals surface area contributed by atoms with Crippen LogP contribution in [-0.2, 0) is 5.41 Å². The molecule has 268 valence electrons. The van der Waals surface area contributed by atoms with Crippen LogP contribution >= 0.6 is 12.6 Å². The van der Waals surface area contributed by atoms with Gasteiger partial charge in [-0.05, 0) is 116 Å². The summed E-state index contributed by atoms with van der Waals surface area (Å²) in [7, 11) is 0. The van der Waals surface area contributed by atoms with E-state index in [4.69, 9.17) is 12.6 Å². The Morgan fingerprint density at radius 3 is 1.64 bits per heavy atom. The van der Waals surface area contributed by atoms with Gasteiger partial charge >= 0.3 is 0 Å². The van der Waals surface area contributed by atoms with E-state index in [1.807, 2.05) is 0 Å². The zero-order valence-electron chi connectivity index (χ0n) is 31.4. The van der Waals surface area contributed by atoms with Crippen LogP contribution in [0.4, 0.5) is 34.1 Å². The average molecular weight is 737 g/mol. The molecule has 0 aliphatic heterocycles. The second kappa shape index (κ2) is 13.6. The van der Waals surface area contributed by atoms with Crippen LogP contribution in [0.2, 0.25) is 0 Å². The van der Waals surface area contributed by atoms with Gasteiger partial charge in [0.2, 0.25) is 0 Å². The summed E-state index contributed by atoms with van der Waals surface area (Å²) in [5, 5.41) is 4.79. The number of hydrogen-bond acceptors (Lipinski definition) is 3. The molecule has 0 saturated heterocycles. The fourth-order valence-corrected chi connectivity index (χ4v) is 9.10. The topological polar surface area (TPSA) is 6.48 Å². The van der Waals surface area contributed by atoms with Crippen molar-refractivity contribution in [3.8, 4) is 22.3 Å². The van der Waals surface area contributed by atoms with Crippen LogP contribution in [0.1, 0.15) is 25.0 Å². The summed E-state index contributed by atoms with van der Waals surface area (Å²) in [6.45, 7) is 4.68. The van der Waals surface area contributed by atoms with Crippen molar-refractivity contribution in [2.45, 2.75) is 24.2 Å². The minimum atomic E-state index is -0.0968. The summed E-state index contributed by atoms with van der Waals surface area (Å²) in [5.74, 6) is 0. The number of anilines is 6. The summed E-state index contributed by atoms with van der Waals surface area (Å²) in [6, 6.07) is 72.3. The van der Waals surface area contributed by atoms with E-state index in [-0.39, 0.29) is 5.41 Å². The van der Waals surface area contributed by atoms with Gasteiger partial charge in [0.05, 0.1) is 5.69 Å². The van der Waals surface area contributed by atoms with Gasteiger partial charge in [-0.3, -0.25) is 0 Å². The molecule has 0 amide bonds. The SMILES string of the molecule is CC1(C)c2ccccc2-c2ccc(N(c3ccccc3)c3ccc(-c4ccc(N(c5ccccc5)c5ccc6ccccc6c5)c5ccccc45)c(S)c3)cc21. The van der Waals surface area contributed by atoms with E-state index in [1.165, 1.54) is 43.8 Å². The Balaban J connectivity index is 1.08. The van der Waals surface area contributed by atoms with Crippen molar-refractivity contribution in [1.82, 2.24) is 0 Å². The van der Waals surface area contributed by atoms with Crippen LogP contribution in [0.15, 0.2) is 205 Å². The third-order valence-electron chi connectivity index (χ3n) is 11.5. The Labute approximate surface area is 334 Å². The van der Waals surface area contributed by atoms with Crippen molar-refractivity contribution < 1.29 is 0 Å². The monoisotopic (exact) mass is 736 g/mol. The lowest BCUT2D eigenvalue weighted by Gasteiger charge is -2.29. The quantitative estimate of drug-likeness (QED) is 0.163. The van der Waals surface area contributed by atoms with Crippen molar-refractivity contribution in [3.05, 3.63) is 211 Å². The highest BCUT2D eigenvalue weighted by Gasteiger charge is 2.35. The lowest BCUT2D eigenvalue weighted by Crippen LogP contribution is -2.16. The predicted molar refractivity (Wildman–Crippen MR) is 241 cm³/mol. The molecule has 9 aromatic carbocycles. The van der Waals surface area contributed by atoms with Gasteiger partial charge < -0.3 is 9.80 Å². The molecule has 9 aromatic rings. The third kappa shape index (κ3) is 5.66. The Kier molecular flexibility index (Phi) is 8.27. The summed E-state index contributed by atoms with van der Waals surface area (Å²) < 4.78 is 0. The number of rotatable bonds is 7. The molecule has 0 N–H and O–H groups in total. The van der Waals surface area contributed by atoms with Crippen LogP contribution in [-0.4, -0.2) is 0 Å².